The molecule has 1 saturated heterocycles. The summed E-state index contributed by atoms with van der Waals surface area (Å²) in [7, 11) is -3.30. The fourth-order valence-electron chi connectivity index (χ4n) is 2.43. The van der Waals surface area contributed by atoms with Crippen molar-refractivity contribution >= 4 is 27.3 Å². The monoisotopic (exact) mass is 339 g/mol. The number of piperazine rings is 1. The first-order valence-corrected chi connectivity index (χ1v) is 9.23. The standard InChI is InChI=1S/C15H21N3O4S/c1-12(19)18-8-6-17(7-9-18)11-15(20)16-13-4-3-5-14(10-13)23(2,21)22/h3-5,10H,6-9,11H2,1-2H3,(H,16,20). The Labute approximate surface area is 136 Å². The molecule has 1 heterocycles. The predicted molar refractivity (Wildman–Crippen MR) is 86.9 cm³/mol. The third kappa shape index (κ3) is 5.04. The van der Waals surface area contributed by atoms with Crippen molar-refractivity contribution in [2.24, 2.45) is 0 Å². The zero-order valence-electron chi connectivity index (χ0n) is 13.3. The van der Waals surface area contributed by atoms with E-state index in [0.717, 1.165) is 6.26 Å². The summed E-state index contributed by atoms with van der Waals surface area (Å²) in [6.45, 7) is 4.29. The number of carbonyl (C=O) groups excluding carboxylic acids is 2. The minimum Gasteiger partial charge on any atom is -0.340 e. The number of sulfone groups is 1. The third-order valence-electron chi connectivity index (χ3n) is 3.73. The van der Waals surface area contributed by atoms with Gasteiger partial charge in [0, 0.05) is 45.0 Å². The van der Waals surface area contributed by atoms with Crippen LogP contribution in [0.25, 0.3) is 0 Å². The summed E-state index contributed by atoms with van der Waals surface area (Å²) >= 11 is 0. The van der Waals surface area contributed by atoms with Crippen molar-refractivity contribution in [3.63, 3.8) is 0 Å². The summed E-state index contributed by atoms with van der Waals surface area (Å²) in [5.41, 5.74) is 0.459. The molecule has 0 saturated carbocycles. The normalized spacial score (nSPS) is 16.2. The number of nitrogens with zero attached hydrogens (tertiary/aromatic N) is 2. The molecule has 1 N–H and O–H groups in total. The second-order valence-corrected chi connectivity index (χ2v) is 7.65. The van der Waals surface area contributed by atoms with E-state index in [1.807, 2.05) is 4.90 Å². The Morgan fingerprint density at radius 1 is 1.17 bits per heavy atom. The quantitative estimate of drug-likeness (QED) is 0.846. The first-order valence-electron chi connectivity index (χ1n) is 7.33. The molecule has 0 atom stereocenters. The lowest BCUT2D eigenvalue weighted by Crippen LogP contribution is -2.49. The maximum atomic E-state index is 12.1. The molecule has 0 aliphatic carbocycles. The Bertz CT molecular complexity index is 694. The van der Waals surface area contributed by atoms with Gasteiger partial charge in [0.25, 0.3) is 0 Å². The van der Waals surface area contributed by atoms with Gasteiger partial charge in [-0.2, -0.15) is 0 Å². The molecule has 0 bridgehead atoms. The average Bonchev–Trinajstić information content (AvgIpc) is 2.47. The Balaban J connectivity index is 1.90. The van der Waals surface area contributed by atoms with Crippen molar-refractivity contribution in [2.45, 2.75) is 11.8 Å². The van der Waals surface area contributed by atoms with E-state index in [-0.39, 0.29) is 23.3 Å². The molecular weight excluding hydrogens is 318 g/mol. The number of hydrogen-bond acceptors (Lipinski definition) is 5. The molecule has 1 aliphatic heterocycles. The minimum absolute atomic E-state index is 0.0479. The maximum absolute atomic E-state index is 12.1. The number of nitrogens with one attached hydrogen (secondary N) is 1. The molecule has 0 spiro atoms. The van der Waals surface area contributed by atoms with Crippen LogP contribution >= 0.6 is 0 Å². The Kier molecular flexibility index (Phi) is 5.38. The van der Waals surface area contributed by atoms with Crippen molar-refractivity contribution < 1.29 is 18.0 Å². The topological polar surface area (TPSA) is 86.8 Å². The van der Waals surface area contributed by atoms with Crippen LogP contribution in [0.4, 0.5) is 5.69 Å². The largest absolute Gasteiger partial charge is 0.340 e. The van der Waals surface area contributed by atoms with Crippen LogP contribution in [0.3, 0.4) is 0 Å². The zero-order valence-corrected chi connectivity index (χ0v) is 14.1. The van der Waals surface area contributed by atoms with Crippen molar-refractivity contribution in [2.75, 3.05) is 44.3 Å². The smallest absolute Gasteiger partial charge is 0.238 e. The van der Waals surface area contributed by atoms with Crippen molar-refractivity contribution in [3.8, 4) is 0 Å². The van der Waals surface area contributed by atoms with Crippen LogP contribution in [0.15, 0.2) is 29.2 Å². The van der Waals surface area contributed by atoms with Gasteiger partial charge in [-0.05, 0) is 18.2 Å². The first-order chi connectivity index (χ1) is 10.8. The molecule has 1 fully saturated rings. The second-order valence-electron chi connectivity index (χ2n) is 5.63. The van der Waals surface area contributed by atoms with E-state index in [1.54, 1.807) is 17.0 Å². The summed E-state index contributed by atoms with van der Waals surface area (Å²) in [6.07, 6.45) is 1.13. The predicted octanol–water partition coefficient (Wildman–Crippen LogP) is 0.193. The summed E-state index contributed by atoms with van der Waals surface area (Å²) in [5.74, 6) is -0.154. The van der Waals surface area contributed by atoms with E-state index in [9.17, 15) is 18.0 Å². The van der Waals surface area contributed by atoms with Gasteiger partial charge < -0.3 is 10.2 Å². The van der Waals surface area contributed by atoms with Gasteiger partial charge in [0.05, 0.1) is 11.4 Å². The van der Waals surface area contributed by atoms with E-state index < -0.39 is 9.84 Å². The molecule has 7 nitrogen and oxygen atoms in total. The van der Waals surface area contributed by atoms with Gasteiger partial charge in [-0.15, -0.1) is 0 Å². The summed E-state index contributed by atoms with van der Waals surface area (Å²) in [6, 6.07) is 6.19. The molecule has 126 valence electrons. The highest BCUT2D eigenvalue weighted by molar-refractivity contribution is 7.90. The van der Waals surface area contributed by atoms with E-state index in [2.05, 4.69) is 5.32 Å². The van der Waals surface area contributed by atoms with Crippen LogP contribution in [-0.4, -0.2) is 69.0 Å². The zero-order chi connectivity index (χ0) is 17.0. The van der Waals surface area contributed by atoms with Gasteiger partial charge in [0.15, 0.2) is 9.84 Å². The highest BCUT2D eigenvalue weighted by atomic mass is 32.2. The van der Waals surface area contributed by atoms with E-state index in [4.69, 9.17) is 0 Å². The first kappa shape index (κ1) is 17.4. The molecule has 2 amide bonds. The average molecular weight is 339 g/mol. The van der Waals surface area contributed by atoms with E-state index in [1.165, 1.54) is 19.1 Å². The second kappa shape index (κ2) is 7.10. The number of anilines is 1. The van der Waals surface area contributed by atoms with E-state index in [0.29, 0.717) is 31.9 Å². The van der Waals surface area contributed by atoms with Gasteiger partial charge in [-0.3, -0.25) is 14.5 Å². The highest BCUT2D eigenvalue weighted by Gasteiger charge is 2.20. The summed E-state index contributed by atoms with van der Waals surface area (Å²) < 4.78 is 23.0. The number of hydrogen-bond donors (Lipinski definition) is 1. The molecule has 1 aromatic carbocycles. The summed E-state index contributed by atoms with van der Waals surface area (Å²) in [4.78, 5) is 27.2. The lowest BCUT2D eigenvalue weighted by Gasteiger charge is -2.33. The van der Waals surface area contributed by atoms with Gasteiger partial charge in [-0.25, -0.2) is 8.42 Å². The molecule has 0 radical (unpaired) electrons. The van der Waals surface area contributed by atoms with Gasteiger partial charge >= 0.3 is 0 Å². The molecule has 1 aromatic rings. The highest BCUT2D eigenvalue weighted by Crippen LogP contribution is 2.15. The SMILES string of the molecule is CC(=O)N1CCN(CC(=O)Nc2cccc(S(C)(=O)=O)c2)CC1. The summed E-state index contributed by atoms with van der Waals surface area (Å²) in [5, 5.41) is 2.71. The maximum Gasteiger partial charge on any atom is 0.238 e. The minimum atomic E-state index is -3.30. The van der Waals surface area contributed by atoms with Crippen molar-refractivity contribution in [1.82, 2.24) is 9.80 Å². The fourth-order valence-corrected chi connectivity index (χ4v) is 3.10. The number of carbonyl (C=O) groups is 2. The Morgan fingerprint density at radius 3 is 2.39 bits per heavy atom. The lowest BCUT2D eigenvalue weighted by atomic mass is 10.3. The number of amides is 2. The third-order valence-corrected chi connectivity index (χ3v) is 4.84. The molecule has 0 aromatic heterocycles. The van der Waals surface area contributed by atoms with E-state index >= 15 is 0 Å². The Hall–Kier alpha value is -1.93. The van der Waals surface area contributed by atoms with Gasteiger partial charge in [0.1, 0.15) is 0 Å². The molecule has 2 rings (SSSR count). The lowest BCUT2D eigenvalue weighted by molar-refractivity contribution is -0.130. The molecule has 23 heavy (non-hydrogen) atoms. The molecule has 0 unspecified atom stereocenters. The van der Waals surface area contributed by atoms with Crippen LogP contribution in [0.1, 0.15) is 6.92 Å². The van der Waals surface area contributed by atoms with Crippen LogP contribution < -0.4 is 5.32 Å². The Morgan fingerprint density at radius 2 is 1.83 bits per heavy atom. The van der Waals surface area contributed by atoms with Crippen molar-refractivity contribution in [1.29, 1.82) is 0 Å². The van der Waals surface area contributed by atoms with Crippen LogP contribution in [-0.2, 0) is 19.4 Å². The van der Waals surface area contributed by atoms with Gasteiger partial charge in [-0.1, -0.05) is 6.07 Å². The van der Waals surface area contributed by atoms with Crippen LogP contribution in [0, 0.1) is 0 Å². The van der Waals surface area contributed by atoms with Crippen LogP contribution in [0.5, 0.6) is 0 Å². The molecule has 8 heteroatoms. The molecule has 1 aliphatic rings. The van der Waals surface area contributed by atoms with Crippen molar-refractivity contribution in [3.05, 3.63) is 24.3 Å². The molecular formula is C15H21N3O4S. The van der Waals surface area contributed by atoms with Crippen LogP contribution in [0.2, 0.25) is 0 Å². The van der Waals surface area contributed by atoms with Gasteiger partial charge in [0.2, 0.25) is 11.8 Å². The number of rotatable bonds is 4. The fraction of sp³-hybridized carbons (Fsp3) is 0.467. The number of benzene rings is 1.